The average molecular weight is 386 g/mol. The summed E-state index contributed by atoms with van der Waals surface area (Å²) in [5.41, 5.74) is 0.758. The number of carbonyl (C=O) groups is 1. The molecule has 1 unspecified atom stereocenters. The van der Waals surface area contributed by atoms with Crippen LogP contribution in [0.1, 0.15) is 10.4 Å². The molecule has 0 bridgehead atoms. The number of halogens is 1. The molecule has 8 heteroatoms. The Bertz CT molecular complexity index is 749. The van der Waals surface area contributed by atoms with Crippen LogP contribution in [0.15, 0.2) is 29.6 Å². The minimum atomic E-state index is -1.32. The number of hydrogen-bond acceptors (Lipinski definition) is 5. The van der Waals surface area contributed by atoms with Crippen LogP contribution < -0.4 is 14.8 Å². The zero-order valence-electron chi connectivity index (χ0n) is 12.7. The highest BCUT2D eigenvalue weighted by molar-refractivity contribution is 7.84. The summed E-state index contributed by atoms with van der Waals surface area (Å²) in [6, 6.07) is 7.34. The summed E-state index contributed by atoms with van der Waals surface area (Å²) < 4.78 is 23.2. The minimum absolute atomic E-state index is 0.0442. The van der Waals surface area contributed by atoms with E-state index in [1.165, 1.54) is 0 Å². The maximum atomic E-state index is 12.2. The molecule has 2 heterocycles. The van der Waals surface area contributed by atoms with Crippen LogP contribution in [0.2, 0.25) is 5.02 Å². The van der Waals surface area contributed by atoms with Gasteiger partial charge in [-0.15, -0.1) is 11.3 Å². The molecule has 1 aliphatic heterocycles. The third-order valence-electron chi connectivity index (χ3n) is 3.32. The van der Waals surface area contributed by atoms with E-state index in [-0.39, 0.29) is 17.4 Å². The highest BCUT2D eigenvalue weighted by Crippen LogP contribution is 2.38. The number of thiophene rings is 1. The van der Waals surface area contributed by atoms with Crippen molar-refractivity contribution in [1.82, 2.24) is 5.32 Å². The van der Waals surface area contributed by atoms with Gasteiger partial charge < -0.3 is 14.8 Å². The van der Waals surface area contributed by atoms with E-state index in [0.29, 0.717) is 36.3 Å². The van der Waals surface area contributed by atoms with Gasteiger partial charge in [-0.25, -0.2) is 0 Å². The average Bonchev–Trinajstić information content (AvgIpc) is 3.06. The molecule has 3 rings (SSSR count). The first-order valence-corrected chi connectivity index (χ1v) is 10.1. The Morgan fingerprint density at radius 2 is 2.17 bits per heavy atom. The van der Waals surface area contributed by atoms with Crippen LogP contribution in [0.25, 0.3) is 0 Å². The standard InChI is InChI=1S/C16H16ClNO4S2/c17-13-6-11(7-14-16(13)22-4-3-21-14)9-24(20)10-15(19)18-8-12-2-1-5-23-12/h1-2,5-7H,3-4,8-10H2,(H,18,19). The van der Waals surface area contributed by atoms with E-state index in [4.69, 9.17) is 21.1 Å². The van der Waals surface area contributed by atoms with E-state index < -0.39 is 10.8 Å². The zero-order valence-corrected chi connectivity index (χ0v) is 15.1. The summed E-state index contributed by atoms with van der Waals surface area (Å²) >= 11 is 7.73. The molecule has 1 aromatic heterocycles. The molecule has 1 amide bonds. The van der Waals surface area contributed by atoms with Crippen molar-refractivity contribution in [2.75, 3.05) is 19.0 Å². The van der Waals surface area contributed by atoms with Gasteiger partial charge in [0.25, 0.3) is 0 Å². The number of amides is 1. The molecule has 1 aromatic carbocycles. The van der Waals surface area contributed by atoms with Gasteiger partial charge in [0.2, 0.25) is 5.91 Å². The minimum Gasteiger partial charge on any atom is -0.486 e. The molecule has 0 spiro atoms. The van der Waals surface area contributed by atoms with E-state index in [1.54, 1.807) is 23.5 Å². The Morgan fingerprint density at radius 3 is 2.96 bits per heavy atom. The molecule has 0 saturated carbocycles. The maximum Gasteiger partial charge on any atom is 0.232 e. The molecule has 0 fully saturated rings. The monoisotopic (exact) mass is 385 g/mol. The molecule has 0 saturated heterocycles. The number of rotatable bonds is 6. The second-order valence-corrected chi connectivity index (χ2v) is 8.08. The second kappa shape index (κ2) is 8.00. The van der Waals surface area contributed by atoms with Gasteiger partial charge in [0.15, 0.2) is 11.5 Å². The van der Waals surface area contributed by atoms with E-state index >= 15 is 0 Å². The van der Waals surface area contributed by atoms with Crippen LogP contribution in [0.4, 0.5) is 0 Å². The van der Waals surface area contributed by atoms with Gasteiger partial charge in [0, 0.05) is 21.4 Å². The molecule has 1 N–H and O–H groups in total. The lowest BCUT2D eigenvalue weighted by Crippen LogP contribution is -2.27. The molecular formula is C16H16ClNO4S2. The first kappa shape index (κ1) is 17.3. The Balaban J connectivity index is 1.54. The SMILES string of the molecule is O=C(CS(=O)Cc1cc(Cl)c2c(c1)OCCO2)NCc1cccs1. The zero-order chi connectivity index (χ0) is 16.9. The molecule has 0 radical (unpaired) electrons. The summed E-state index contributed by atoms with van der Waals surface area (Å²) in [5.74, 6) is 1.04. The van der Waals surface area contributed by atoms with Gasteiger partial charge in [0.05, 0.1) is 11.6 Å². The predicted octanol–water partition coefficient (Wildman–Crippen LogP) is 2.74. The van der Waals surface area contributed by atoms with E-state index in [2.05, 4.69) is 5.32 Å². The van der Waals surface area contributed by atoms with Crippen LogP contribution >= 0.6 is 22.9 Å². The van der Waals surface area contributed by atoms with Crippen LogP contribution in [0.3, 0.4) is 0 Å². The van der Waals surface area contributed by atoms with Crippen LogP contribution in [0.5, 0.6) is 11.5 Å². The summed E-state index contributed by atoms with van der Waals surface area (Å²) in [6.45, 7) is 1.38. The molecule has 128 valence electrons. The van der Waals surface area contributed by atoms with Crippen molar-refractivity contribution >= 4 is 39.6 Å². The Hall–Kier alpha value is -1.57. The van der Waals surface area contributed by atoms with Crippen molar-refractivity contribution in [3.05, 3.63) is 45.1 Å². The number of hydrogen-bond donors (Lipinski definition) is 1. The fourth-order valence-electron chi connectivity index (χ4n) is 2.28. The predicted molar refractivity (Wildman–Crippen MR) is 95.3 cm³/mol. The molecule has 24 heavy (non-hydrogen) atoms. The van der Waals surface area contributed by atoms with Gasteiger partial charge in [-0.2, -0.15) is 0 Å². The summed E-state index contributed by atoms with van der Waals surface area (Å²) in [4.78, 5) is 12.9. The molecular weight excluding hydrogens is 370 g/mol. The molecule has 1 atom stereocenters. The van der Waals surface area contributed by atoms with Gasteiger partial charge in [-0.1, -0.05) is 17.7 Å². The number of fused-ring (bicyclic) bond motifs is 1. The number of ether oxygens (including phenoxy) is 2. The van der Waals surface area contributed by atoms with Crippen LogP contribution in [0, 0.1) is 0 Å². The molecule has 2 aromatic rings. The van der Waals surface area contributed by atoms with Gasteiger partial charge in [-0.05, 0) is 29.1 Å². The number of nitrogens with one attached hydrogen (secondary N) is 1. The summed E-state index contributed by atoms with van der Waals surface area (Å²) in [6.07, 6.45) is 0. The lowest BCUT2D eigenvalue weighted by molar-refractivity contribution is -0.118. The lowest BCUT2D eigenvalue weighted by Gasteiger charge is -2.20. The Morgan fingerprint density at radius 1 is 1.33 bits per heavy atom. The van der Waals surface area contributed by atoms with Crippen molar-refractivity contribution in [3.63, 3.8) is 0 Å². The first-order valence-electron chi connectivity index (χ1n) is 7.34. The molecule has 5 nitrogen and oxygen atoms in total. The Kier molecular flexibility index (Phi) is 5.76. The van der Waals surface area contributed by atoms with Gasteiger partial charge in [-0.3, -0.25) is 9.00 Å². The third kappa shape index (κ3) is 4.49. The maximum absolute atomic E-state index is 12.2. The van der Waals surface area contributed by atoms with Crippen LogP contribution in [-0.2, 0) is 27.9 Å². The second-order valence-electron chi connectivity index (χ2n) is 5.19. The quantitative estimate of drug-likeness (QED) is 0.830. The van der Waals surface area contributed by atoms with Crippen molar-refractivity contribution in [1.29, 1.82) is 0 Å². The smallest absolute Gasteiger partial charge is 0.232 e. The number of carbonyl (C=O) groups excluding carboxylic acids is 1. The van der Waals surface area contributed by atoms with Gasteiger partial charge >= 0.3 is 0 Å². The third-order valence-corrected chi connectivity index (χ3v) is 5.71. The van der Waals surface area contributed by atoms with E-state index in [9.17, 15) is 9.00 Å². The van der Waals surface area contributed by atoms with E-state index in [0.717, 1.165) is 10.4 Å². The largest absolute Gasteiger partial charge is 0.486 e. The Labute approximate surface area is 151 Å². The fourth-order valence-corrected chi connectivity index (χ4v) is 4.25. The lowest BCUT2D eigenvalue weighted by atomic mass is 10.2. The van der Waals surface area contributed by atoms with Crippen molar-refractivity contribution < 1.29 is 18.5 Å². The topological polar surface area (TPSA) is 64.6 Å². The highest BCUT2D eigenvalue weighted by Gasteiger charge is 2.18. The van der Waals surface area contributed by atoms with Crippen molar-refractivity contribution in [3.8, 4) is 11.5 Å². The normalized spacial score (nSPS) is 14.2. The summed E-state index contributed by atoms with van der Waals surface area (Å²) in [5, 5.41) is 5.15. The van der Waals surface area contributed by atoms with Crippen molar-refractivity contribution in [2.24, 2.45) is 0 Å². The van der Waals surface area contributed by atoms with Crippen LogP contribution in [-0.4, -0.2) is 29.1 Å². The van der Waals surface area contributed by atoms with E-state index in [1.807, 2.05) is 17.5 Å². The molecule has 0 aliphatic carbocycles. The first-order chi connectivity index (χ1) is 11.6. The number of benzene rings is 1. The fraction of sp³-hybridized carbons (Fsp3) is 0.312. The highest BCUT2D eigenvalue weighted by atomic mass is 35.5. The van der Waals surface area contributed by atoms with Gasteiger partial charge in [0.1, 0.15) is 19.0 Å². The van der Waals surface area contributed by atoms with Crippen molar-refractivity contribution in [2.45, 2.75) is 12.3 Å². The molecule has 1 aliphatic rings. The summed E-state index contributed by atoms with van der Waals surface area (Å²) in [7, 11) is -1.32.